The molecule has 3 heteroatoms. The molecule has 0 aliphatic carbocycles. The molecule has 0 atom stereocenters. The minimum atomic E-state index is 0.241. The van der Waals surface area contributed by atoms with E-state index in [2.05, 4.69) is 95.2 Å². The van der Waals surface area contributed by atoms with Crippen molar-refractivity contribution >= 4 is 21.4 Å². The monoisotopic (exact) mass is 371 g/mol. The molecule has 2 nitrogen and oxygen atoms in total. The molecule has 0 N–H and O–H groups in total. The van der Waals surface area contributed by atoms with Crippen LogP contribution in [0, 0.1) is 0 Å². The molecule has 1 saturated heterocycles. The lowest BCUT2D eigenvalue weighted by molar-refractivity contribution is 0.00113. The van der Waals surface area contributed by atoms with E-state index in [9.17, 15) is 0 Å². The van der Waals surface area contributed by atoms with E-state index in [-0.39, 0.29) is 12.1 Å². The van der Waals surface area contributed by atoms with E-state index in [4.69, 9.17) is 4.74 Å². The van der Waals surface area contributed by atoms with Gasteiger partial charge >= 0.3 is 0 Å². The van der Waals surface area contributed by atoms with E-state index in [1.54, 1.807) is 11.3 Å². The summed E-state index contributed by atoms with van der Waals surface area (Å²) in [5.74, 6) is 1.01. The quantitative estimate of drug-likeness (QED) is 0.443. The maximum absolute atomic E-state index is 6.34. The first-order chi connectivity index (χ1) is 13.4. The summed E-state index contributed by atoms with van der Waals surface area (Å²) < 4.78 is 7.63. The molecule has 0 radical (unpaired) electrons. The fourth-order valence-electron chi connectivity index (χ4n) is 3.89. The lowest BCUT2D eigenvalue weighted by atomic mass is 9.94. The first-order valence-corrected chi connectivity index (χ1v) is 10.2. The SMILES string of the molecule is c1ccc(C(c2ccccc2)N2CC(Oc3cccc4sccc34)C2)cc1. The molecule has 2 heterocycles. The Bertz CT molecular complexity index is 982. The fraction of sp³-hybridized carbons (Fsp3) is 0.167. The van der Waals surface area contributed by atoms with E-state index in [0.29, 0.717) is 0 Å². The second-order valence-corrected chi connectivity index (χ2v) is 7.95. The zero-order valence-corrected chi connectivity index (χ0v) is 15.8. The van der Waals surface area contributed by atoms with Crippen molar-refractivity contribution in [3.8, 4) is 5.75 Å². The van der Waals surface area contributed by atoms with Gasteiger partial charge in [0.1, 0.15) is 11.9 Å². The van der Waals surface area contributed by atoms with Gasteiger partial charge in [0.2, 0.25) is 0 Å². The highest BCUT2D eigenvalue weighted by Crippen LogP contribution is 2.35. The molecule has 1 aliphatic heterocycles. The Morgan fingerprint density at radius 3 is 2.11 bits per heavy atom. The Hall–Kier alpha value is -2.62. The number of ether oxygens (including phenoxy) is 1. The number of fused-ring (bicyclic) bond motifs is 1. The second kappa shape index (κ2) is 7.18. The van der Waals surface area contributed by atoms with Crippen LogP contribution in [0.4, 0.5) is 0 Å². The molecule has 1 fully saturated rings. The lowest BCUT2D eigenvalue weighted by Gasteiger charge is -2.44. The van der Waals surface area contributed by atoms with Gasteiger partial charge in [-0.15, -0.1) is 11.3 Å². The Morgan fingerprint density at radius 2 is 1.44 bits per heavy atom. The normalized spacial score (nSPS) is 15.1. The molecule has 134 valence electrons. The van der Waals surface area contributed by atoms with Crippen LogP contribution in [0.5, 0.6) is 5.75 Å². The number of hydrogen-bond acceptors (Lipinski definition) is 3. The Balaban J connectivity index is 1.35. The first kappa shape index (κ1) is 16.5. The molecule has 0 amide bonds. The van der Waals surface area contributed by atoms with Crippen molar-refractivity contribution in [2.75, 3.05) is 13.1 Å². The highest BCUT2D eigenvalue weighted by atomic mass is 32.1. The average Bonchev–Trinajstić information content (AvgIpc) is 3.18. The Morgan fingerprint density at radius 1 is 0.778 bits per heavy atom. The first-order valence-electron chi connectivity index (χ1n) is 9.35. The van der Waals surface area contributed by atoms with Crippen LogP contribution >= 0.6 is 11.3 Å². The average molecular weight is 372 g/mol. The van der Waals surface area contributed by atoms with Crippen molar-refractivity contribution in [2.24, 2.45) is 0 Å². The van der Waals surface area contributed by atoms with Crippen LogP contribution in [-0.4, -0.2) is 24.1 Å². The zero-order chi connectivity index (χ0) is 18.1. The molecule has 4 aromatic rings. The van der Waals surface area contributed by atoms with Crippen molar-refractivity contribution in [1.82, 2.24) is 4.90 Å². The van der Waals surface area contributed by atoms with E-state index in [1.165, 1.54) is 21.2 Å². The van der Waals surface area contributed by atoms with Crippen LogP contribution in [0.3, 0.4) is 0 Å². The lowest BCUT2D eigenvalue weighted by Crippen LogP contribution is -2.55. The predicted molar refractivity (Wildman–Crippen MR) is 113 cm³/mol. The number of nitrogens with zero attached hydrogens (tertiary/aromatic N) is 1. The van der Waals surface area contributed by atoms with Crippen LogP contribution in [0.2, 0.25) is 0 Å². The van der Waals surface area contributed by atoms with Crippen LogP contribution in [0.25, 0.3) is 10.1 Å². The molecule has 1 aromatic heterocycles. The maximum atomic E-state index is 6.34. The smallest absolute Gasteiger partial charge is 0.128 e. The Labute approximate surface area is 163 Å². The highest BCUT2D eigenvalue weighted by Gasteiger charge is 2.35. The molecule has 5 rings (SSSR count). The summed E-state index contributed by atoms with van der Waals surface area (Å²) in [6.07, 6.45) is 0.241. The van der Waals surface area contributed by atoms with Crippen LogP contribution in [-0.2, 0) is 0 Å². The number of benzene rings is 3. The van der Waals surface area contributed by atoms with Crippen molar-refractivity contribution in [3.63, 3.8) is 0 Å². The van der Waals surface area contributed by atoms with Crippen molar-refractivity contribution in [2.45, 2.75) is 12.1 Å². The molecule has 1 aliphatic rings. The predicted octanol–water partition coefficient (Wildman–Crippen LogP) is 5.75. The van der Waals surface area contributed by atoms with E-state index >= 15 is 0 Å². The molecular formula is C24H21NOS. The molecule has 27 heavy (non-hydrogen) atoms. The highest BCUT2D eigenvalue weighted by molar-refractivity contribution is 7.17. The third kappa shape index (κ3) is 3.25. The van der Waals surface area contributed by atoms with Gasteiger partial charge in [-0.2, -0.15) is 0 Å². The van der Waals surface area contributed by atoms with Gasteiger partial charge in [-0.25, -0.2) is 0 Å². The third-order valence-electron chi connectivity index (χ3n) is 5.22. The van der Waals surface area contributed by atoms with Crippen LogP contribution < -0.4 is 4.74 Å². The summed E-state index contributed by atoms with van der Waals surface area (Å²) in [4.78, 5) is 2.50. The van der Waals surface area contributed by atoms with E-state index in [0.717, 1.165) is 18.8 Å². The van der Waals surface area contributed by atoms with E-state index < -0.39 is 0 Å². The summed E-state index contributed by atoms with van der Waals surface area (Å²) in [7, 11) is 0. The molecular weight excluding hydrogens is 350 g/mol. The largest absolute Gasteiger partial charge is 0.487 e. The number of likely N-dealkylation sites (tertiary alicyclic amines) is 1. The van der Waals surface area contributed by atoms with Crippen molar-refractivity contribution in [3.05, 3.63) is 101 Å². The van der Waals surface area contributed by atoms with Crippen molar-refractivity contribution in [1.29, 1.82) is 0 Å². The number of thiophene rings is 1. The summed E-state index contributed by atoms with van der Waals surface area (Å²) in [6.45, 7) is 1.88. The topological polar surface area (TPSA) is 12.5 Å². The molecule has 0 bridgehead atoms. The van der Waals surface area contributed by atoms with Crippen LogP contribution in [0.1, 0.15) is 17.2 Å². The summed E-state index contributed by atoms with van der Waals surface area (Å²) >= 11 is 1.76. The van der Waals surface area contributed by atoms with Gasteiger partial charge in [-0.1, -0.05) is 66.7 Å². The van der Waals surface area contributed by atoms with Crippen molar-refractivity contribution < 1.29 is 4.74 Å². The minimum absolute atomic E-state index is 0.241. The van der Waals surface area contributed by atoms with Gasteiger partial charge in [0, 0.05) is 23.2 Å². The van der Waals surface area contributed by atoms with E-state index in [1.807, 2.05) is 0 Å². The second-order valence-electron chi connectivity index (χ2n) is 7.01. The fourth-order valence-corrected chi connectivity index (χ4v) is 4.69. The Kier molecular flexibility index (Phi) is 4.40. The van der Waals surface area contributed by atoms with Gasteiger partial charge in [0.05, 0.1) is 6.04 Å². The van der Waals surface area contributed by atoms with Gasteiger partial charge in [0.25, 0.3) is 0 Å². The zero-order valence-electron chi connectivity index (χ0n) is 15.0. The number of hydrogen-bond donors (Lipinski definition) is 0. The molecule has 3 aromatic carbocycles. The summed E-state index contributed by atoms with van der Waals surface area (Å²) in [6, 6.07) is 30.3. The molecule has 0 saturated carbocycles. The van der Waals surface area contributed by atoms with Gasteiger partial charge < -0.3 is 4.74 Å². The standard InChI is InChI=1S/C24H21NOS/c1-3-8-18(9-4-1)24(19-10-5-2-6-11-19)25-16-20(17-25)26-22-12-7-13-23-21(22)14-15-27-23/h1-15,20,24H,16-17H2. The van der Waals surface area contributed by atoms with Crippen LogP contribution in [0.15, 0.2) is 90.3 Å². The maximum Gasteiger partial charge on any atom is 0.128 e. The minimum Gasteiger partial charge on any atom is -0.487 e. The molecule has 0 spiro atoms. The third-order valence-corrected chi connectivity index (χ3v) is 6.10. The van der Waals surface area contributed by atoms with Gasteiger partial charge in [-0.05, 0) is 34.7 Å². The summed E-state index contributed by atoms with van der Waals surface area (Å²) in [5.41, 5.74) is 2.67. The number of rotatable bonds is 5. The summed E-state index contributed by atoms with van der Waals surface area (Å²) in [5, 5.41) is 3.36. The van der Waals surface area contributed by atoms with Gasteiger partial charge in [0.15, 0.2) is 0 Å². The van der Waals surface area contributed by atoms with Gasteiger partial charge in [-0.3, -0.25) is 4.90 Å². The molecule has 0 unspecified atom stereocenters.